The van der Waals surface area contributed by atoms with Crippen LogP contribution in [0.3, 0.4) is 0 Å². The third-order valence-corrected chi connectivity index (χ3v) is 4.91. The van der Waals surface area contributed by atoms with Gasteiger partial charge in [-0.25, -0.2) is 8.42 Å². The van der Waals surface area contributed by atoms with Crippen molar-refractivity contribution in [1.29, 1.82) is 0 Å². The van der Waals surface area contributed by atoms with Crippen LogP contribution in [0.15, 0.2) is 22.6 Å². The molecule has 0 radical (unpaired) electrons. The molecule has 0 amide bonds. The Kier molecular flexibility index (Phi) is 2.85. The van der Waals surface area contributed by atoms with E-state index in [4.69, 9.17) is 4.42 Å². The zero-order chi connectivity index (χ0) is 14.3. The molecule has 1 aliphatic rings. The van der Waals surface area contributed by atoms with Crippen LogP contribution in [0.25, 0.3) is 11.1 Å². The first-order chi connectivity index (χ1) is 9.43. The number of nitro benzene ring substituents is 1. The summed E-state index contributed by atoms with van der Waals surface area (Å²) >= 11 is 0. The smallest absolute Gasteiger partial charge is 0.295 e. The molecule has 2 heterocycles. The number of oxazole rings is 1. The van der Waals surface area contributed by atoms with Crippen molar-refractivity contribution in [3.8, 4) is 0 Å². The van der Waals surface area contributed by atoms with E-state index in [-0.39, 0.29) is 29.2 Å². The lowest BCUT2D eigenvalue weighted by Crippen LogP contribution is -2.20. The highest BCUT2D eigenvalue weighted by Crippen LogP contribution is 2.25. The first-order valence-electron chi connectivity index (χ1n) is 5.95. The maximum Gasteiger partial charge on any atom is 0.295 e. The summed E-state index contributed by atoms with van der Waals surface area (Å²) in [5.74, 6) is 0.197. The summed E-state index contributed by atoms with van der Waals surface area (Å²) in [6.45, 7) is 0. The van der Waals surface area contributed by atoms with E-state index >= 15 is 0 Å². The number of non-ortho nitro benzene ring substituents is 1. The summed E-state index contributed by atoms with van der Waals surface area (Å²) in [5.41, 5.74) is 0.710. The van der Waals surface area contributed by atoms with Crippen LogP contribution in [0, 0.1) is 10.1 Å². The summed E-state index contributed by atoms with van der Waals surface area (Å²) in [6, 6.07) is 4.06. The fourth-order valence-corrected chi connectivity index (χ4v) is 3.85. The number of hydrogen-bond acceptors (Lipinski definition) is 7. The molecule has 2 aromatic rings. The SMILES string of the molecule is O=[N+]([O-])c1ccc2oc(NC3CCS(=O)(=O)C3)nc2c1. The summed E-state index contributed by atoms with van der Waals surface area (Å²) < 4.78 is 28.1. The lowest BCUT2D eigenvalue weighted by Gasteiger charge is -2.06. The van der Waals surface area contributed by atoms with Gasteiger partial charge in [-0.1, -0.05) is 0 Å². The Labute approximate surface area is 113 Å². The lowest BCUT2D eigenvalue weighted by atomic mass is 10.3. The van der Waals surface area contributed by atoms with E-state index in [1.54, 1.807) is 0 Å². The standard InChI is InChI=1S/C11H11N3O5S/c15-14(16)8-1-2-10-9(5-8)13-11(19-10)12-7-3-4-20(17,18)6-7/h1-2,5,7H,3-4,6H2,(H,12,13). The summed E-state index contributed by atoms with van der Waals surface area (Å²) in [7, 11) is -2.98. The highest BCUT2D eigenvalue weighted by atomic mass is 32.2. The molecule has 8 nitrogen and oxygen atoms in total. The van der Waals surface area contributed by atoms with Gasteiger partial charge in [0.2, 0.25) is 0 Å². The molecule has 1 aliphatic heterocycles. The first-order valence-corrected chi connectivity index (χ1v) is 7.77. The van der Waals surface area contributed by atoms with Crippen molar-refractivity contribution in [2.75, 3.05) is 16.8 Å². The number of sulfone groups is 1. The molecule has 20 heavy (non-hydrogen) atoms. The minimum absolute atomic E-state index is 0.0475. The molecule has 106 valence electrons. The Hall–Kier alpha value is -2.16. The van der Waals surface area contributed by atoms with E-state index in [0.29, 0.717) is 17.5 Å². The molecule has 1 aromatic carbocycles. The van der Waals surface area contributed by atoms with Gasteiger partial charge in [0.25, 0.3) is 11.7 Å². The van der Waals surface area contributed by atoms with Crippen molar-refractivity contribution in [2.45, 2.75) is 12.5 Å². The predicted octanol–water partition coefficient (Wildman–Crippen LogP) is 1.33. The fourth-order valence-electron chi connectivity index (χ4n) is 2.17. The van der Waals surface area contributed by atoms with Crippen molar-refractivity contribution in [1.82, 2.24) is 4.98 Å². The Balaban J connectivity index is 1.84. The maximum atomic E-state index is 11.4. The number of nitrogens with zero attached hydrogens (tertiary/aromatic N) is 2. The summed E-state index contributed by atoms with van der Waals surface area (Å²) in [5, 5.41) is 13.6. The Bertz CT molecular complexity index is 782. The number of rotatable bonds is 3. The minimum Gasteiger partial charge on any atom is -0.424 e. The van der Waals surface area contributed by atoms with Gasteiger partial charge >= 0.3 is 0 Å². The quantitative estimate of drug-likeness (QED) is 0.671. The Morgan fingerprint density at radius 3 is 2.90 bits per heavy atom. The number of nitro groups is 1. The molecule has 1 aromatic heterocycles. The molecule has 1 N–H and O–H groups in total. The van der Waals surface area contributed by atoms with E-state index in [2.05, 4.69) is 10.3 Å². The second-order valence-electron chi connectivity index (χ2n) is 4.67. The van der Waals surface area contributed by atoms with E-state index < -0.39 is 14.8 Å². The number of benzene rings is 1. The van der Waals surface area contributed by atoms with Crippen LogP contribution in [0.5, 0.6) is 0 Å². The number of aromatic nitrogens is 1. The first kappa shape index (κ1) is 12.9. The molecule has 0 aliphatic carbocycles. The second kappa shape index (κ2) is 4.44. The largest absolute Gasteiger partial charge is 0.424 e. The van der Waals surface area contributed by atoms with Crippen molar-refractivity contribution in [3.63, 3.8) is 0 Å². The molecule has 1 atom stereocenters. The van der Waals surface area contributed by atoms with Gasteiger partial charge < -0.3 is 9.73 Å². The summed E-state index contributed by atoms with van der Waals surface area (Å²) in [6.07, 6.45) is 0.501. The van der Waals surface area contributed by atoms with Gasteiger partial charge in [0.05, 0.1) is 16.4 Å². The molecule has 9 heteroatoms. The van der Waals surface area contributed by atoms with Crippen molar-refractivity contribution >= 4 is 32.6 Å². The normalized spacial score (nSPS) is 21.1. The third-order valence-electron chi connectivity index (χ3n) is 3.14. The molecular formula is C11H11N3O5S. The van der Waals surface area contributed by atoms with Crippen molar-refractivity contribution in [3.05, 3.63) is 28.3 Å². The predicted molar refractivity (Wildman–Crippen MR) is 71.3 cm³/mol. The van der Waals surface area contributed by atoms with Crippen LogP contribution in [-0.2, 0) is 9.84 Å². The van der Waals surface area contributed by atoms with Gasteiger partial charge in [-0.15, -0.1) is 0 Å². The maximum absolute atomic E-state index is 11.4. The van der Waals surface area contributed by atoms with Gasteiger partial charge in [0, 0.05) is 18.2 Å². The molecule has 1 unspecified atom stereocenters. The highest BCUT2D eigenvalue weighted by molar-refractivity contribution is 7.91. The topological polar surface area (TPSA) is 115 Å². The highest BCUT2D eigenvalue weighted by Gasteiger charge is 2.28. The number of hydrogen-bond donors (Lipinski definition) is 1. The van der Waals surface area contributed by atoms with Gasteiger partial charge in [-0.2, -0.15) is 4.98 Å². The molecule has 3 rings (SSSR count). The van der Waals surface area contributed by atoms with Crippen molar-refractivity contribution < 1.29 is 17.8 Å². The number of nitrogens with one attached hydrogen (secondary N) is 1. The van der Waals surface area contributed by atoms with Gasteiger partial charge in [-0.3, -0.25) is 10.1 Å². The third kappa shape index (κ3) is 2.44. The zero-order valence-electron chi connectivity index (χ0n) is 10.3. The molecule has 0 saturated carbocycles. The van der Waals surface area contributed by atoms with Crippen LogP contribution < -0.4 is 5.32 Å². The van der Waals surface area contributed by atoms with Crippen molar-refractivity contribution in [2.24, 2.45) is 0 Å². The minimum atomic E-state index is -2.98. The molecule has 1 saturated heterocycles. The Morgan fingerprint density at radius 1 is 1.45 bits per heavy atom. The van der Waals surface area contributed by atoms with Crippen LogP contribution in [0.1, 0.15) is 6.42 Å². The Morgan fingerprint density at radius 2 is 2.25 bits per heavy atom. The summed E-state index contributed by atoms with van der Waals surface area (Å²) in [4.78, 5) is 14.2. The molecule has 1 fully saturated rings. The van der Waals surface area contributed by atoms with Crippen LogP contribution in [0.2, 0.25) is 0 Å². The number of fused-ring (bicyclic) bond motifs is 1. The van der Waals surface area contributed by atoms with Crippen LogP contribution >= 0.6 is 0 Å². The monoisotopic (exact) mass is 297 g/mol. The zero-order valence-corrected chi connectivity index (χ0v) is 11.1. The van der Waals surface area contributed by atoms with Gasteiger partial charge in [-0.05, 0) is 12.5 Å². The second-order valence-corrected chi connectivity index (χ2v) is 6.90. The van der Waals surface area contributed by atoms with Crippen LogP contribution in [0.4, 0.5) is 11.7 Å². The van der Waals surface area contributed by atoms with Crippen LogP contribution in [-0.4, -0.2) is 35.9 Å². The molecule has 0 bridgehead atoms. The number of anilines is 1. The van der Waals surface area contributed by atoms with E-state index in [0.717, 1.165) is 0 Å². The lowest BCUT2D eigenvalue weighted by molar-refractivity contribution is -0.384. The average Bonchev–Trinajstić information content (AvgIpc) is 2.91. The fraction of sp³-hybridized carbons (Fsp3) is 0.364. The molecule has 0 spiro atoms. The van der Waals surface area contributed by atoms with E-state index in [1.165, 1.54) is 18.2 Å². The average molecular weight is 297 g/mol. The molecular weight excluding hydrogens is 286 g/mol. The van der Waals surface area contributed by atoms with E-state index in [1.807, 2.05) is 0 Å². The van der Waals surface area contributed by atoms with Gasteiger partial charge in [0.15, 0.2) is 15.4 Å². The van der Waals surface area contributed by atoms with Gasteiger partial charge in [0.1, 0.15) is 5.52 Å². The van der Waals surface area contributed by atoms with E-state index in [9.17, 15) is 18.5 Å².